The van der Waals surface area contributed by atoms with Crippen molar-refractivity contribution in [3.05, 3.63) is 35.4 Å². The molecule has 1 saturated heterocycles. The van der Waals surface area contributed by atoms with Gasteiger partial charge in [-0.3, -0.25) is 9.69 Å². The van der Waals surface area contributed by atoms with Crippen molar-refractivity contribution in [1.82, 2.24) is 10.3 Å². The molecule has 0 bridgehead atoms. The first kappa shape index (κ1) is 18.4. The van der Waals surface area contributed by atoms with E-state index < -0.39 is 11.7 Å². The van der Waals surface area contributed by atoms with Crippen LogP contribution in [0, 0.1) is 0 Å². The summed E-state index contributed by atoms with van der Waals surface area (Å²) in [6.07, 6.45) is 2.30. The molecule has 1 aromatic rings. The average molecular weight is 341 g/mol. The molecule has 1 heterocycles. The van der Waals surface area contributed by atoms with E-state index in [1.165, 1.54) is 37.5 Å². The topological polar surface area (TPSA) is 44.7 Å². The van der Waals surface area contributed by atoms with Crippen molar-refractivity contribution in [3.8, 4) is 0 Å². The molecule has 0 spiro atoms. The molecule has 1 aliphatic heterocycles. The van der Waals surface area contributed by atoms with E-state index >= 15 is 0 Å². The van der Waals surface area contributed by atoms with E-state index in [2.05, 4.69) is 15.4 Å². The molecule has 0 saturated carbocycles. The quantitative estimate of drug-likeness (QED) is 0.674. The van der Waals surface area contributed by atoms with E-state index in [0.29, 0.717) is 0 Å². The molecule has 4 nitrogen and oxygen atoms in total. The third-order valence-electron chi connectivity index (χ3n) is 3.97. The highest BCUT2D eigenvalue weighted by molar-refractivity contribution is 5.84. The first-order chi connectivity index (χ1) is 11.5. The zero-order valence-corrected chi connectivity index (χ0v) is 13.5. The highest BCUT2D eigenvalue weighted by atomic mass is 19.4. The number of likely N-dealkylation sites (tertiary alicyclic amines) is 1. The number of halogens is 3. The van der Waals surface area contributed by atoms with Gasteiger partial charge in [0, 0.05) is 5.56 Å². The molecule has 0 aromatic heterocycles. The molecule has 1 N–H and O–H groups in total. The van der Waals surface area contributed by atoms with E-state index in [4.69, 9.17) is 0 Å². The van der Waals surface area contributed by atoms with Gasteiger partial charge in [-0.25, -0.2) is 5.43 Å². The smallest absolute Gasteiger partial charge is 0.294 e. The average Bonchev–Trinajstić information content (AvgIpc) is 2.49. The van der Waals surface area contributed by atoms with Crippen LogP contribution in [0.1, 0.15) is 43.2 Å². The van der Waals surface area contributed by atoms with Crippen molar-refractivity contribution in [1.29, 1.82) is 0 Å². The monoisotopic (exact) mass is 341 g/mol. The van der Waals surface area contributed by atoms with E-state index in [1.807, 2.05) is 0 Å². The first-order valence-corrected chi connectivity index (χ1v) is 8.17. The van der Waals surface area contributed by atoms with Crippen LogP contribution in [0.15, 0.2) is 29.4 Å². The fourth-order valence-corrected chi connectivity index (χ4v) is 2.75. The number of amides is 1. The normalized spacial score (nSPS) is 17.5. The van der Waals surface area contributed by atoms with Crippen LogP contribution in [0.5, 0.6) is 0 Å². The predicted octanol–water partition coefficient (Wildman–Crippen LogP) is 3.42. The number of benzene rings is 1. The molecule has 132 valence electrons. The fourth-order valence-electron chi connectivity index (χ4n) is 2.75. The number of carbonyl (C=O) groups excluding carboxylic acids is 1. The van der Waals surface area contributed by atoms with Crippen molar-refractivity contribution < 1.29 is 18.0 Å². The highest BCUT2D eigenvalue weighted by Gasteiger charge is 2.32. The number of hydrazone groups is 1. The molecule has 24 heavy (non-hydrogen) atoms. The lowest BCUT2D eigenvalue weighted by molar-refractivity contribution is -0.137. The van der Waals surface area contributed by atoms with Gasteiger partial charge in [-0.05, 0) is 32.0 Å². The summed E-state index contributed by atoms with van der Waals surface area (Å²) in [6.45, 7) is 1.96. The van der Waals surface area contributed by atoms with Crippen molar-refractivity contribution in [3.63, 3.8) is 0 Å². The Morgan fingerprint density at radius 1 is 1.12 bits per heavy atom. The number of hydrogen-bond donors (Lipinski definition) is 1. The summed E-state index contributed by atoms with van der Waals surface area (Å²) in [6, 6.07) is 5.12. The lowest BCUT2D eigenvalue weighted by Crippen LogP contribution is -2.37. The second-order valence-corrected chi connectivity index (χ2v) is 5.92. The fraction of sp³-hybridized carbons (Fsp3) is 0.529. The Bertz CT molecular complexity index is 564. The van der Waals surface area contributed by atoms with Gasteiger partial charge < -0.3 is 0 Å². The molecule has 0 atom stereocenters. The van der Waals surface area contributed by atoms with Crippen LogP contribution in [0.3, 0.4) is 0 Å². The van der Waals surface area contributed by atoms with Crippen molar-refractivity contribution in [2.75, 3.05) is 19.6 Å². The van der Waals surface area contributed by atoms with E-state index in [0.717, 1.165) is 38.2 Å². The maximum atomic E-state index is 12.9. The largest absolute Gasteiger partial charge is 0.417 e. The molecule has 0 unspecified atom stereocenters. The van der Waals surface area contributed by atoms with Crippen LogP contribution >= 0.6 is 0 Å². The lowest BCUT2D eigenvalue weighted by atomic mass is 10.1. The summed E-state index contributed by atoms with van der Waals surface area (Å²) < 4.78 is 38.6. The minimum absolute atomic E-state index is 0.0726. The van der Waals surface area contributed by atoms with Gasteiger partial charge in [0.15, 0.2) is 0 Å². The maximum absolute atomic E-state index is 12.9. The van der Waals surface area contributed by atoms with Crippen molar-refractivity contribution >= 4 is 12.1 Å². The van der Waals surface area contributed by atoms with Crippen LogP contribution in [0.2, 0.25) is 0 Å². The number of carbonyl (C=O) groups is 1. The third kappa shape index (κ3) is 5.96. The van der Waals surface area contributed by atoms with Gasteiger partial charge in [0.05, 0.1) is 18.3 Å². The van der Waals surface area contributed by atoms with Gasteiger partial charge in [0.2, 0.25) is 0 Å². The molecule has 1 aromatic carbocycles. The van der Waals surface area contributed by atoms with Gasteiger partial charge in [-0.1, -0.05) is 37.5 Å². The second-order valence-electron chi connectivity index (χ2n) is 5.92. The molecule has 7 heteroatoms. The summed E-state index contributed by atoms with van der Waals surface area (Å²) in [4.78, 5) is 14.0. The van der Waals surface area contributed by atoms with Crippen molar-refractivity contribution in [2.45, 2.75) is 38.3 Å². The zero-order valence-electron chi connectivity index (χ0n) is 13.5. The molecule has 1 amide bonds. The van der Waals surface area contributed by atoms with Gasteiger partial charge in [-0.15, -0.1) is 0 Å². The van der Waals surface area contributed by atoms with E-state index in [1.54, 1.807) is 0 Å². The van der Waals surface area contributed by atoms with Crippen LogP contribution in [0.4, 0.5) is 13.2 Å². The van der Waals surface area contributed by atoms with Crippen LogP contribution in [-0.4, -0.2) is 36.7 Å². The van der Waals surface area contributed by atoms with Crippen LogP contribution in [0.25, 0.3) is 0 Å². The Morgan fingerprint density at radius 2 is 1.75 bits per heavy atom. The van der Waals surface area contributed by atoms with Gasteiger partial charge >= 0.3 is 6.18 Å². The molecular weight excluding hydrogens is 319 g/mol. The SMILES string of the molecule is O=C(CN1CCCCCCC1)NN=Cc1ccccc1C(F)(F)F. The number of hydrogen-bond acceptors (Lipinski definition) is 3. The highest BCUT2D eigenvalue weighted by Crippen LogP contribution is 2.30. The Labute approximate surface area is 139 Å². The van der Waals surface area contributed by atoms with Gasteiger partial charge in [-0.2, -0.15) is 18.3 Å². The van der Waals surface area contributed by atoms with Crippen LogP contribution in [-0.2, 0) is 11.0 Å². The van der Waals surface area contributed by atoms with E-state index in [-0.39, 0.29) is 18.0 Å². The Morgan fingerprint density at radius 3 is 2.42 bits per heavy atom. The lowest BCUT2D eigenvalue weighted by Gasteiger charge is -2.23. The third-order valence-corrected chi connectivity index (χ3v) is 3.97. The second kappa shape index (κ2) is 8.82. The minimum atomic E-state index is -4.45. The number of nitrogens with zero attached hydrogens (tertiary/aromatic N) is 2. The Balaban J connectivity index is 1.88. The number of nitrogens with one attached hydrogen (secondary N) is 1. The molecule has 1 fully saturated rings. The Hall–Kier alpha value is -1.89. The number of alkyl halides is 3. The van der Waals surface area contributed by atoms with Crippen LogP contribution < -0.4 is 5.43 Å². The molecule has 2 rings (SSSR count). The molecule has 1 aliphatic rings. The summed E-state index contributed by atoms with van der Waals surface area (Å²) in [7, 11) is 0. The van der Waals surface area contributed by atoms with Gasteiger partial charge in [0.1, 0.15) is 0 Å². The Kier molecular flexibility index (Phi) is 6.78. The molecule has 0 aliphatic carbocycles. The van der Waals surface area contributed by atoms with Gasteiger partial charge in [0.25, 0.3) is 5.91 Å². The van der Waals surface area contributed by atoms with Crippen molar-refractivity contribution in [2.24, 2.45) is 5.10 Å². The molecular formula is C17H22F3N3O. The van der Waals surface area contributed by atoms with E-state index in [9.17, 15) is 18.0 Å². The maximum Gasteiger partial charge on any atom is 0.417 e. The summed E-state index contributed by atoms with van der Waals surface area (Å²) in [5.74, 6) is -0.309. The summed E-state index contributed by atoms with van der Waals surface area (Å²) in [5, 5.41) is 3.67. The molecule has 0 radical (unpaired) electrons. The number of rotatable bonds is 4. The zero-order chi connectivity index (χ0) is 17.4. The predicted molar refractivity (Wildman–Crippen MR) is 86.7 cm³/mol. The first-order valence-electron chi connectivity index (χ1n) is 8.17. The summed E-state index contributed by atoms with van der Waals surface area (Å²) in [5.41, 5.74) is 1.47. The standard InChI is InChI=1S/C17H22F3N3O/c18-17(19,20)15-9-5-4-8-14(15)12-21-22-16(24)13-23-10-6-2-1-3-7-11-23/h4-5,8-9,12H,1-3,6-7,10-11,13H2,(H,22,24). The summed E-state index contributed by atoms with van der Waals surface area (Å²) >= 11 is 0. The minimum Gasteiger partial charge on any atom is -0.294 e.